The minimum atomic E-state index is -0.307. The molecule has 0 saturated heterocycles. The number of carbonyl (C=O) groups excluding carboxylic acids is 1. The van der Waals surface area contributed by atoms with Gasteiger partial charge in [-0.1, -0.05) is 54.6 Å². The Bertz CT molecular complexity index is 1030. The summed E-state index contributed by atoms with van der Waals surface area (Å²) in [6, 6.07) is 23.3. The van der Waals surface area contributed by atoms with Crippen molar-refractivity contribution in [3.63, 3.8) is 0 Å². The number of hydrogen-bond acceptors (Lipinski definition) is 3. The first-order valence-corrected chi connectivity index (χ1v) is 9.67. The topological polar surface area (TPSA) is 47.6 Å². The molecule has 0 aromatic heterocycles. The molecular formula is C25H23NO3. The lowest BCUT2D eigenvalue weighted by molar-refractivity contribution is -0.116. The zero-order chi connectivity index (χ0) is 20.1. The van der Waals surface area contributed by atoms with Gasteiger partial charge in [-0.25, -0.2) is 0 Å². The van der Waals surface area contributed by atoms with Gasteiger partial charge in [0.1, 0.15) is 11.5 Å². The second-order valence-electron chi connectivity index (χ2n) is 6.89. The summed E-state index contributed by atoms with van der Waals surface area (Å²) in [5.74, 6) is 1.51. The first-order chi connectivity index (χ1) is 14.2. The molecule has 4 heteroatoms. The minimum Gasteiger partial charge on any atom is -0.496 e. The van der Waals surface area contributed by atoms with Gasteiger partial charge in [0.05, 0.1) is 19.8 Å². The average molecular weight is 385 g/mol. The largest absolute Gasteiger partial charge is 0.496 e. The molecule has 1 aliphatic heterocycles. The van der Waals surface area contributed by atoms with E-state index in [4.69, 9.17) is 9.47 Å². The maximum Gasteiger partial charge on any atom is 0.244 e. The fraction of sp³-hybridized carbons (Fsp3) is 0.160. The normalized spacial score (nSPS) is 13.6. The molecule has 0 spiro atoms. The van der Waals surface area contributed by atoms with Gasteiger partial charge in [-0.2, -0.15) is 0 Å². The molecule has 4 rings (SSSR count). The van der Waals surface area contributed by atoms with Gasteiger partial charge in [-0.15, -0.1) is 0 Å². The number of hydrogen-bond donors (Lipinski definition) is 1. The number of fused-ring (bicyclic) bond motifs is 1. The van der Waals surface area contributed by atoms with Crippen LogP contribution >= 0.6 is 0 Å². The third kappa shape index (κ3) is 4.32. The molecule has 4 nitrogen and oxygen atoms in total. The summed E-state index contributed by atoms with van der Waals surface area (Å²) in [6.45, 7) is 0.723. The summed E-state index contributed by atoms with van der Waals surface area (Å²) in [6.07, 6.45) is 4.31. The Morgan fingerprint density at radius 3 is 2.69 bits per heavy atom. The highest BCUT2D eigenvalue weighted by atomic mass is 16.5. The molecule has 0 radical (unpaired) electrons. The second-order valence-corrected chi connectivity index (χ2v) is 6.89. The molecule has 3 aromatic carbocycles. The van der Waals surface area contributed by atoms with Gasteiger partial charge in [0, 0.05) is 18.1 Å². The molecule has 0 fully saturated rings. The molecule has 0 saturated carbocycles. The fourth-order valence-electron chi connectivity index (χ4n) is 3.56. The van der Waals surface area contributed by atoms with Crippen LogP contribution in [0.3, 0.4) is 0 Å². The average Bonchev–Trinajstić information content (AvgIpc) is 3.24. The molecule has 1 heterocycles. The van der Waals surface area contributed by atoms with Crippen molar-refractivity contribution in [2.24, 2.45) is 0 Å². The van der Waals surface area contributed by atoms with Crippen LogP contribution in [-0.2, 0) is 11.2 Å². The minimum absolute atomic E-state index is 0.165. The smallest absolute Gasteiger partial charge is 0.244 e. The zero-order valence-electron chi connectivity index (χ0n) is 16.3. The van der Waals surface area contributed by atoms with Crippen LogP contribution in [0.15, 0.2) is 78.9 Å². The van der Waals surface area contributed by atoms with E-state index in [1.54, 1.807) is 13.2 Å². The van der Waals surface area contributed by atoms with Crippen molar-refractivity contribution < 1.29 is 14.3 Å². The van der Waals surface area contributed by atoms with Crippen molar-refractivity contribution in [1.82, 2.24) is 5.32 Å². The van der Waals surface area contributed by atoms with Crippen molar-refractivity contribution in [2.45, 2.75) is 12.5 Å². The van der Waals surface area contributed by atoms with Gasteiger partial charge >= 0.3 is 0 Å². The third-order valence-electron chi connectivity index (χ3n) is 5.01. The molecule has 3 aromatic rings. The molecule has 1 unspecified atom stereocenters. The first kappa shape index (κ1) is 18.8. The van der Waals surface area contributed by atoms with Crippen molar-refractivity contribution in [3.8, 4) is 11.5 Å². The SMILES string of the molecule is COc1ccccc1C(NC(=O)/C=C/c1ccc2c(c1)CCO2)c1ccccc1. The second kappa shape index (κ2) is 8.65. The van der Waals surface area contributed by atoms with E-state index in [0.717, 1.165) is 41.2 Å². The number of nitrogens with one attached hydrogen (secondary N) is 1. The van der Waals surface area contributed by atoms with Crippen LogP contribution in [0.1, 0.15) is 28.3 Å². The van der Waals surface area contributed by atoms with Gasteiger partial charge < -0.3 is 14.8 Å². The van der Waals surface area contributed by atoms with Gasteiger partial charge in [0.15, 0.2) is 0 Å². The van der Waals surface area contributed by atoms with E-state index in [1.165, 1.54) is 5.56 Å². The Morgan fingerprint density at radius 1 is 1.07 bits per heavy atom. The molecule has 29 heavy (non-hydrogen) atoms. The highest BCUT2D eigenvalue weighted by molar-refractivity contribution is 5.92. The molecule has 1 atom stereocenters. The number of amides is 1. The predicted molar refractivity (Wildman–Crippen MR) is 114 cm³/mol. The molecule has 0 aliphatic carbocycles. The molecular weight excluding hydrogens is 362 g/mol. The monoisotopic (exact) mass is 385 g/mol. The molecule has 1 aliphatic rings. The Balaban J connectivity index is 1.56. The van der Waals surface area contributed by atoms with Crippen LogP contribution < -0.4 is 14.8 Å². The third-order valence-corrected chi connectivity index (χ3v) is 5.01. The quantitative estimate of drug-likeness (QED) is 0.634. The van der Waals surface area contributed by atoms with Crippen molar-refractivity contribution in [1.29, 1.82) is 0 Å². The van der Waals surface area contributed by atoms with E-state index >= 15 is 0 Å². The van der Waals surface area contributed by atoms with E-state index in [-0.39, 0.29) is 11.9 Å². The summed E-state index contributed by atoms with van der Waals surface area (Å²) in [5.41, 5.74) is 4.08. The number of methoxy groups -OCH3 is 1. The lowest BCUT2D eigenvalue weighted by atomic mass is 9.97. The number of para-hydroxylation sites is 1. The van der Waals surface area contributed by atoms with Crippen LogP contribution in [0.5, 0.6) is 11.5 Å². The Morgan fingerprint density at radius 2 is 1.86 bits per heavy atom. The van der Waals surface area contributed by atoms with Crippen LogP contribution in [0, 0.1) is 0 Å². The number of rotatable bonds is 6. The van der Waals surface area contributed by atoms with Crippen molar-refractivity contribution in [3.05, 3.63) is 101 Å². The lowest BCUT2D eigenvalue weighted by Crippen LogP contribution is -2.28. The summed E-state index contributed by atoms with van der Waals surface area (Å²) in [5, 5.41) is 3.12. The standard InChI is InChI=1S/C25H23NO3/c1-28-23-10-6-5-9-21(23)25(19-7-3-2-4-8-19)26-24(27)14-12-18-11-13-22-20(17-18)15-16-29-22/h2-14,17,25H,15-16H2,1H3,(H,26,27)/b14-12+. The molecule has 1 N–H and O–H groups in total. The summed E-state index contributed by atoms with van der Waals surface area (Å²) >= 11 is 0. The number of ether oxygens (including phenoxy) is 2. The maximum atomic E-state index is 12.7. The number of carbonyl (C=O) groups is 1. The van der Waals surface area contributed by atoms with Crippen LogP contribution in [0.25, 0.3) is 6.08 Å². The Hall–Kier alpha value is -3.53. The zero-order valence-corrected chi connectivity index (χ0v) is 16.3. The lowest BCUT2D eigenvalue weighted by Gasteiger charge is -2.21. The summed E-state index contributed by atoms with van der Waals surface area (Å²) in [4.78, 5) is 12.7. The number of benzene rings is 3. The molecule has 1 amide bonds. The van der Waals surface area contributed by atoms with Gasteiger partial charge in [-0.05, 0) is 41.0 Å². The molecule has 146 valence electrons. The van der Waals surface area contributed by atoms with Gasteiger partial charge in [0.2, 0.25) is 5.91 Å². The summed E-state index contributed by atoms with van der Waals surface area (Å²) < 4.78 is 11.1. The van der Waals surface area contributed by atoms with Crippen LogP contribution in [-0.4, -0.2) is 19.6 Å². The highest BCUT2D eigenvalue weighted by Gasteiger charge is 2.19. The van der Waals surface area contributed by atoms with Crippen LogP contribution in [0.2, 0.25) is 0 Å². The first-order valence-electron chi connectivity index (χ1n) is 9.67. The van der Waals surface area contributed by atoms with Gasteiger partial charge in [0.25, 0.3) is 0 Å². The summed E-state index contributed by atoms with van der Waals surface area (Å²) in [7, 11) is 1.64. The predicted octanol–water partition coefficient (Wildman–Crippen LogP) is 4.55. The van der Waals surface area contributed by atoms with E-state index in [0.29, 0.717) is 0 Å². The fourth-order valence-corrected chi connectivity index (χ4v) is 3.56. The van der Waals surface area contributed by atoms with Crippen molar-refractivity contribution >= 4 is 12.0 Å². The maximum absolute atomic E-state index is 12.7. The van der Waals surface area contributed by atoms with E-state index in [1.807, 2.05) is 72.8 Å². The van der Waals surface area contributed by atoms with E-state index in [9.17, 15) is 4.79 Å². The Kier molecular flexibility index (Phi) is 5.61. The van der Waals surface area contributed by atoms with Gasteiger partial charge in [-0.3, -0.25) is 4.79 Å². The van der Waals surface area contributed by atoms with E-state index < -0.39 is 0 Å². The van der Waals surface area contributed by atoms with Crippen LogP contribution in [0.4, 0.5) is 0 Å². The highest BCUT2D eigenvalue weighted by Crippen LogP contribution is 2.30. The van der Waals surface area contributed by atoms with E-state index in [2.05, 4.69) is 11.4 Å². The van der Waals surface area contributed by atoms with Crippen molar-refractivity contribution in [2.75, 3.05) is 13.7 Å². The molecule has 0 bridgehead atoms. The Labute approximate surface area is 170 Å².